The summed E-state index contributed by atoms with van der Waals surface area (Å²) in [7, 11) is 1.51. The number of benzene rings is 2. The van der Waals surface area contributed by atoms with Gasteiger partial charge in [-0.2, -0.15) is 4.98 Å². The molecule has 0 bridgehead atoms. The molecule has 0 N–H and O–H groups in total. The molecular weight excluding hydrogens is 296 g/mol. The van der Waals surface area contributed by atoms with Gasteiger partial charge < -0.3 is 4.74 Å². The van der Waals surface area contributed by atoms with Crippen molar-refractivity contribution < 1.29 is 9.66 Å². The summed E-state index contributed by atoms with van der Waals surface area (Å²) in [5.74, 6) is 0.691. The molecule has 0 amide bonds. The zero-order valence-corrected chi connectivity index (χ0v) is 12.2. The fourth-order valence-corrected chi connectivity index (χ4v) is 2.09. The molecule has 0 radical (unpaired) electrons. The summed E-state index contributed by atoms with van der Waals surface area (Å²) in [6, 6.07) is 15.4. The Labute approximate surface area is 131 Å². The molecule has 0 spiro atoms. The minimum atomic E-state index is -0.456. The van der Waals surface area contributed by atoms with Crippen LogP contribution < -0.4 is 4.74 Å². The van der Waals surface area contributed by atoms with Gasteiger partial charge in [-0.3, -0.25) is 10.1 Å². The molecule has 2 aromatic carbocycles. The highest BCUT2D eigenvalue weighted by molar-refractivity contribution is 5.66. The van der Waals surface area contributed by atoms with Crippen LogP contribution in [0.15, 0.2) is 54.6 Å². The monoisotopic (exact) mass is 308 g/mol. The Balaban J connectivity index is 2.00. The number of non-ortho nitro benzene ring substituents is 1. The molecule has 0 saturated heterocycles. The van der Waals surface area contributed by atoms with Crippen molar-refractivity contribution in [3.8, 4) is 28.5 Å². The maximum absolute atomic E-state index is 10.7. The molecule has 0 aliphatic rings. The van der Waals surface area contributed by atoms with E-state index in [4.69, 9.17) is 4.74 Å². The Kier molecular flexibility index (Phi) is 3.92. The SMILES string of the molecule is COc1nc(-c2ccc([N+](=O)[O-])cc2)nnc1-c1ccccc1. The quantitative estimate of drug-likeness (QED) is 0.543. The van der Waals surface area contributed by atoms with Gasteiger partial charge in [0.25, 0.3) is 5.69 Å². The lowest BCUT2D eigenvalue weighted by molar-refractivity contribution is -0.384. The molecule has 114 valence electrons. The van der Waals surface area contributed by atoms with Gasteiger partial charge in [-0.25, -0.2) is 0 Å². The van der Waals surface area contributed by atoms with Gasteiger partial charge in [0.15, 0.2) is 11.5 Å². The van der Waals surface area contributed by atoms with Crippen molar-refractivity contribution in [2.24, 2.45) is 0 Å². The van der Waals surface area contributed by atoms with Crippen molar-refractivity contribution in [2.75, 3.05) is 7.11 Å². The second-order valence-corrected chi connectivity index (χ2v) is 4.66. The Bertz CT molecular complexity index is 836. The molecule has 7 heteroatoms. The molecule has 23 heavy (non-hydrogen) atoms. The van der Waals surface area contributed by atoms with Crippen LogP contribution in [-0.2, 0) is 0 Å². The van der Waals surface area contributed by atoms with Crippen molar-refractivity contribution in [2.45, 2.75) is 0 Å². The third-order valence-corrected chi connectivity index (χ3v) is 3.23. The topological polar surface area (TPSA) is 91.0 Å². The van der Waals surface area contributed by atoms with Crippen LogP contribution in [0.25, 0.3) is 22.6 Å². The molecule has 0 saturated carbocycles. The smallest absolute Gasteiger partial charge is 0.269 e. The molecule has 0 aliphatic carbocycles. The number of aromatic nitrogens is 3. The summed E-state index contributed by atoms with van der Waals surface area (Å²) in [5.41, 5.74) is 2.02. The Hall–Kier alpha value is -3.35. The Morgan fingerprint density at radius 3 is 2.26 bits per heavy atom. The van der Waals surface area contributed by atoms with Crippen LogP contribution in [0.4, 0.5) is 5.69 Å². The largest absolute Gasteiger partial charge is 0.479 e. The van der Waals surface area contributed by atoms with E-state index in [0.29, 0.717) is 23.0 Å². The molecule has 3 aromatic rings. The third kappa shape index (κ3) is 2.98. The molecule has 3 rings (SSSR count). The van der Waals surface area contributed by atoms with Crippen LogP contribution in [0, 0.1) is 10.1 Å². The van der Waals surface area contributed by atoms with Gasteiger partial charge in [0.1, 0.15) is 0 Å². The minimum Gasteiger partial charge on any atom is -0.479 e. The average molecular weight is 308 g/mol. The first kappa shape index (κ1) is 14.6. The van der Waals surface area contributed by atoms with Gasteiger partial charge in [0.05, 0.1) is 12.0 Å². The van der Waals surface area contributed by atoms with Crippen LogP contribution in [0.1, 0.15) is 0 Å². The molecule has 0 unspecified atom stereocenters. The van der Waals surface area contributed by atoms with Crippen LogP contribution in [0.5, 0.6) is 5.88 Å². The summed E-state index contributed by atoms with van der Waals surface area (Å²) in [6.45, 7) is 0. The van der Waals surface area contributed by atoms with E-state index >= 15 is 0 Å². The standard InChI is InChI=1S/C16H12N4O3/c1-23-16-14(11-5-3-2-4-6-11)18-19-15(17-16)12-7-9-13(10-8-12)20(21)22/h2-10H,1H3. The van der Waals surface area contributed by atoms with E-state index in [9.17, 15) is 10.1 Å². The van der Waals surface area contributed by atoms with Gasteiger partial charge in [-0.05, 0) is 12.1 Å². The number of nitro groups is 1. The van der Waals surface area contributed by atoms with Crippen molar-refractivity contribution in [3.63, 3.8) is 0 Å². The van der Waals surface area contributed by atoms with Gasteiger partial charge >= 0.3 is 0 Å². The molecule has 0 atom stereocenters. The molecular formula is C16H12N4O3. The summed E-state index contributed by atoms with van der Waals surface area (Å²) in [4.78, 5) is 14.6. The zero-order valence-electron chi connectivity index (χ0n) is 12.2. The summed E-state index contributed by atoms with van der Waals surface area (Å²) < 4.78 is 5.30. The molecule has 0 aliphatic heterocycles. The first-order valence-corrected chi connectivity index (χ1v) is 6.78. The highest BCUT2D eigenvalue weighted by Crippen LogP contribution is 2.27. The Morgan fingerprint density at radius 1 is 0.957 bits per heavy atom. The number of methoxy groups -OCH3 is 1. The third-order valence-electron chi connectivity index (χ3n) is 3.23. The van der Waals surface area contributed by atoms with Crippen LogP contribution in [0.2, 0.25) is 0 Å². The first-order chi connectivity index (χ1) is 11.2. The second kappa shape index (κ2) is 6.18. The zero-order chi connectivity index (χ0) is 16.2. The average Bonchev–Trinajstić information content (AvgIpc) is 2.62. The van der Waals surface area contributed by atoms with E-state index in [1.54, 1.807) is 12.1 Å². The predicted molar refractivity (Wildman–Crippen MR) is 83.9 cm³/mol. The van der Waals surface area contributed by atoms with Gasteiger partial charge in [0, 0.05) is 23.3 Å². The van der Waals surface area contributed by atoms with E-state index < -0.39 is 4.92 Å². The van der Waals surface area contributed by atoms with E-state index in [1.165, 1.54) is 19.2 Å². The van der Waals surface area contributed by atoms with E-state index in [0.717, 1.165) is 5.56 Å². The van der Waals surface area contributed by atoms with Crippen molar-refractivity contribution in [1.29, 1.82) is 0 Å². The highest BCUT2D eigenvalue weighted by Gasteiger charge is 2.13. The first-order valence-electron chi connectivity index (χ1n) is 6.78. The molecule has 7 nitrogen and oxygen atoms in total. The number of ether oxygens (including phenoxy) is 1. The van der Waals surface area contributed by atoms with Crippen molar-refractivity contribution in [3.05, 3.63) is 64.7 Å². The van der Waals surface area contributed by atoms with E-state index in [1.807, 2.05) is 30.3 Å². The normalized spacial score (nSPS) is 10.3. The number of rotatable bonds is 4. The number of nitro benzene ring substituents is 1. The number of hydrogen-bond donors (Lipinski definition) is 0. The van der Waals surface area contributed by atoms with Crippen LogP contribution in [0.3, 0.4) is 0 Å². The van der Waals surface area contributed by atoms with Gasteiger partial charge in [-0.15, -0.1) is 10.2 Å². The fraction of sp³-hybridized carbons (Fsp3) is 0.0625. The van der Waals surface area contributed by atoms with E-state index in [-0.39, 0.29) is 5.69 Å². The predicted octanol–water partition coefficient (Wildman–Crippen LogP) is 3.12. The maximum Gasteiger partial charge on any atom is 0.269 e. The van der Waals surface area contributed by atoms with Crippen LogP contribution >= 0.6 is 0 Å². The van der Waals surface area contributed by atoms with E-state index in [2.05, 4.69) is 15.2 Å². The lowest BCUT2D eigenvalue weighted by atomic mass is 10.1. The summed E-state index contributed by atoms with van der Waals surface area (Å²) >= 11 is 0. The molecule has 1 aromatic heterocycles. The highest BCUT2D eigenvalue weighted by atomic mass is 16.6. The van der Waals surface area contributed by atoms with Crippen molar-refractivity contribution in [1.82, 2.24) is 15.2 Å². The lowest BCUT2D eigenvalue weighted by Gasteiger charge is -2.07. The minimum absolute atomic E-state index is 0.00887. The molecule has 1 heterocycles. The van der Waals surface area contributed by atoms with Gasteiger partial charge in [-0.1, -0.05) is 30.3 Å². The number of hydrogen-bond acceptors (Lipinski definition) is 6. The van der Waals surface area contributed by atoms with Gasteiger partial charge in [0.2, 0.25) is 5.88 Å². The summed E-state index contributed by atoms with van der Waals surface area (Å²) in [6.07, 6.45) is 0. The Morgan fingerprint density at radius 2 is 1.65 bits per heavy atom. The summed E-state index contributed by atoms with van der Waals surface area (Å²) in [5, 5.41) is 19.0. The van der Waals surface area contributed by atoms with Crippen molar-refractivity contribution >= 4 is 5.69 Å². The fourth-order valence-electron chi connectivity index (χ4n) is 2.09. The number of nitrogens with zero attached hydrogens (tertiary/aromatic N) is 4. The molecule has 0 fully saturated rings. The maximum atomic E-state index is 10.7. The second-order valence-electron chi connectivity index (χ2n) is 4.66. The van der Waals surface area contributed by atoms with Crippen LogP contribution in [-0.4, -0.2) is 27.2 Å². The lowest BCUT2D eigenvalue weighted by Crippen LogP contribution is -2.00.